The van der Waals surface area contributed by atoms with Crippen LogP contribution in [0.4, 0.5) is 0 Å². The molecule has 1 nitrogen and oxygen atoms in total. The lowest BCUT2D eigenvalue weighted by Gasteiger charge is -2.51. The molecule has 94 valence electrons. The summed E-state index contributed by atoms with van der Waals surface area (Å²) < 4.78 is 0. The monoisotopic (exact) mass is 247 g/mol. The first-order valence-corrected chi connectivity index (χ1v) is 7.21. The molecule has 2 heteroatoms. The third kappa shape index (κ3) is 1.59. The van der Waals surface area contributed by atoms with Crippen molar-refractivity contribution in [1.82, 2.24) is 4.98 Å². The van der Waals surface area contributed by atoms with Gasteiger partial charge in [0.2, 0.25) is 0 Å². The predicted molar refractivity (Wildman–Crippen MR) is 81.1 cm³/mol. The van der Waals surface area contributed by atoms with E-state index in [9.17, 15) is 0 Å². The Balaban J connectivity index is 1.86. The zero-order valence-corrected chi connectivity index (χ0v) is 11.6. The SMILES string of the molecule is BC12CC(Cc3cnc(-c4ccccc4C)cc31)C2. The third-order valence-electron chi connectivity index (χ3n) is 5.04. The largest absolute Gasteiger partial charge is 0.256 e. The summed E-state index contributed by atoms with van der Waals surface area (Å²) in [4.78, 5) is 4.71. The molecule has 1 fully saturated rings. The molecular formula is C17H18BN. The normalized spacial score (nSPS) is 27.5. The molecule has 0 atom stereocenters. The molecule has 5 rings (SSSR count). The number of rotatable bonds is 1. The second-order valence-corrected chi connectivity index (χ2v) is 6.58. The Hall–Kier alpha value is -1.57. The molecule has 0 saturated heterocycles. The van der Waals surface area contributed by atoms with E-state index in [4.69, 9.17) is 4.98 Å². The molecule has 0 radical (unpaired) electrons. The second kappa shape index (κ2) is 3.72. The molecule has 1 heterocycles. The number of aryl methyl sites for hydroxylation is 1. The fourth-order valence-electron chi connectivity index (χ4n) is 4.11. The Morgan fingerprint density at radius 2 is 2.05 bits per heavy atom. The van der Waals surface area contributed by atoms with Gasteiger partial charge >= 0.3 is 0 Å². The third-order valence-corrected chi connectivity index (χ3v) is 5.04. The Labute approximate surface area is 115 Å². The van der Waals surface area contributed by atoms with E-state index < -0.39 is 0 Å². The number of pyridine rings is 1. The summed E-state index contributed by atoms with van der Waals surface area (Å²) in [6.45, 7) is 2.16. The van der Waals surface area contributed by atoms with Gasteiger partial charge in [-0.05, 0) is 60.2 Å². The molecule has 0 unspecified atom stereocenters. The van der Waals surface area contributed by atoms with Crippen LogP contribution in [-0.4, -0.2) is 12.8 Å². The van der Waals surface area contributed by atoms with Gasteiger partial charge in [-0.2, -0.15) is 0 Å². The fourth-order valence-corrected chi connectivity index (χ4v) is 4.11. The molecule has 0 amide bonds. The topological polar surface area (TPSA) is 12.9 Å². The van der Waals surface area contributed by atoms with E-state index in [-0.39, 0.29) is 0 Å². The van der Waals surface area contributed by atoms with Crippen LogP contribution in [0, 0.1) is 12.8 Å². The number of aromatic nitrogens is 1. The number of benzene rings is 1. The zero-order chi connectivity index (χ0) is 13.0. The summed E-state index contributed by atoms with van der Waals surface area (Å²) in [6, 6.07) is 10.9. The Kier molecular flexibility index (Phi) is 2.21. The van der Waals surface area contributed by atoms with Crippen LogP contribution in [0.25, 0.3) is 11.3 Å². The van der Waals surface area contributed by atoms with Crippen LogP contribution >= 0.6 is 0 Å². The maximum absolute atomic E-state index is 4.71. The average molecular weight is 247 g/mol. The van der Waals surface area contributed by atoms with E-state index in [0.29, 0.717) is 5.31 Å². The van der Waals surface area contributed by atoms with E-state index in [1.165, 1.54) is 36.0 Å². The zero-order valence-electron chi connectivity index (χ0n) is 11.6. The van der Waals surface area contributed by atoms with Crippen molar-refractivity contribution in [1.29, 1.82) is 0 Å². The van der Waals surface area contributed by atoms with Gasteiger partial charge in [-0.25, -0.2) is 0 Å². The van der Waals surface area contributed by atoms with Crippen LogP contribution in [0.15, 0.2) is 36.5 Å². The Bertz CT molecular complexity index is 656. The lowest BCUT2D eigenvalue weighted by molar-refractivity contribution is 0.198. The second-order valence-electron chi connectivity index (χ2n) is 6.58. The molecule has 3 aliphatic rings. The molecule has 1 saturated carbocycles. The van der Waals surface area contributed by atoms with Crippen molar-refractivity contribution < 1.29 is 0 Å². The van der Waals surface area contributed by atoms with E-state index in [1.54, 1.807) is 5.56 Å². The molecule has 0 N–H and O–H groups in total. The lowest BCUT2D eigenvalue weighted by atomic mass is 9.43. The fraction of sp³-hybridized carbons (Fsp3) is 0.353. The summed E-state index contributed by atoms with van der Waals surface area (Å²) in [6.07, 6.45) is 6.11. The summed E-state index contributed by atoms with van der Waals surface area (Å²) in [5.41, 5.74) is 6.77. The highest BCUT2D eigenvalue weighted by atomic mass is 14.7. The molecule has 1 aromatic heterocycles. The first-order valence-electron chi connectivity index (χ1n) is 7.21. The Morgan fingerprint density at radius 3 is 2.84 bits per heavy atom. The maximum atomic E-state index is 4.71. The van der Waals surface area contributed by atoms with Gasteiger partial charge in [0.15, 0.2) is 0 Å². The standard InChI is InChI=1S/C17H18BN/c1-11-4-2-3-5-14(11)16-7-15-13(10-19-16)6-12-8-17(15,18)9-12/h2-5,7,10,12H,6,8-9,18H2,1H3. The number of nitrogens with zero attached hydrogens (tertiary/aromatic N) is 1. The summed E-state index contributed by atoms with van der Waals surface area (Å²) >= 11 is 0. The summed E-state index contributed by atoms with van der Waals surface area (Å²) in [7, 11) is 2.42. The van der Waals surface area contributed by atoms with Gasteiger partial charge in [-0.3, -0.25) is 4.98 Å². The maximum Gasteiger partial charge on any atom is 0.115 e. The molecule has 0 aliphatic heterocycles. The van der Waals surface area contributed by atoms with Crippen molar-refractivity contribution >= 4 is 7.85 Å². The minimum Gasteiger partial charge on any atom is -0.256 e. The van der Waals surface area contributed by atoms with E-state index >= 15 is 0 Å². The highest BCUT2D eigenvalue weighted by molar-refractivity contribution is 6.17. The van der Waals surface area contributed by atoms with Crippen LogP contribution < -0.4 is 0 Å². The molecule has 0 spiro atoms. The smallest absolute Gasteiger partial charge is 0.115 e. The quantitative estimate of drug-likeness (QED) is 0.706. The highest BCUT2D eigenvalue weighted by Gasteiger charge is 2.46. The van der Waals surface area contributed by atoms with Gasteiger partial charge in [0.1, 0.15) is 7.85 Å². The summed E-state index contributed by atoms with van der Waals surface area (Å²) in [5.74, 6) is 0.920. The molecule has 2 bridgehead atoms. The molecule has 3 aliphatic carbocycles. The van der Waals surface area contributed by atoms with Crippen molar-refractivity contribution in [3.8, 4) is 11.3 Å². The molecular weight excluding hydrogens is 229 g/mol. The first-order chi connectivity index (χ1) is 9.16. The van der Waals surface area contributed by atoms with Crippen molar-refractivity contribution in [2.45, 2.75) is 31.5 Å². The molecule has 1 aromatic carbocycles. The lowest BCUT2D eigenvalue weighted by Crippen LogP contribution is -2.47. The highest BCUT2D eigenvalue weighted by Crippen LogP contribution is 2.52. The molecule has 19 heavy (non-hydrogen) atoms. The summed E-state index contributed by atoms with van der Waals surface area (Å²) in [5, 5.41) is 0.429. The van der Waals surface area contributed by atoms with Gasteiger partial charge in [0.25, 0.3) is 0 Å². The van der Waals surface area contributed by atoms with Crippen LogP contribution in [0.1, 0.15) is 29.5 Å². The number of hydrogen-bond donors (Lipinski definition) is 0. The van der Waals surface area contributed by atoms with Crippen molar-refractivity contribution in [3.63, 3.8) is 0 Å². The molecule has 2 aromatic rings. The van der Waals surface area contributed by atoms with Crippen LogP contribution in [0.5, 0.6) is 0 Å². The van der Waals surface area contributed by atoms with Crippen molar-refractivity contribution in [3.05, 3.63) is 53.2 Å². The number of hydrogen-bond acceptors (Lipinski definition) is 1. The van der Waals surface area contributed by atoms with Gasteiger partial charge in [0, 0.05) is 11.8 Å². The van der Waals surface area contributed by atoms with Crippen molar-refractivity contribution in [2.24, 2.45) is 5.92 Å². The minimum atomic E-state index is 0.429. The van der Waals surface area contributed by atoms with E-state index in [0.717, 1.165) is 11.6 Å². The van der Waals surface area contributed by atoms with Crippen LogP contribution in [0.2, 0.25) is 0 Å². The Morgan fingerprint density at radius 1 is 1.26 bits per heavy atom. The first kappa shape index (κ1) is 11.3. The van der Waals surface area contributed by atoms with E-state index in [2.05, 4.69) is 51.3 Å². The van der Waals surface area contributed by atoms with Gasteiger partial charge in [-0.1, -0.05) is 24.3 Å². The van der Waals surface area contributed by atoms with Gasteiger partial charge in [-0.15, -0.1) is 0 Å². The predicted octanol–water partition coefficient (Wildman–Crippen LogP) is 2.85. The van der Waals surface area contributed by atoms with Crippen LogP contribution in [-0.2, 0) is 11.7 Å². The van der Waals surface area contributed by atoms with Crippen LogP contribution in [0.3, 0.4) is 0 Å². The average Bonchev–Trinajstić information content (AvgIpc) is 2.38. The van der Waals surface area contributed by atoms with Gasteiger partial charge < -0.3 is 0 Å². The minimum absolute atomic E-state index is 0.429. The van der Waals surface area contributed by atoms with Gasteiger partial charge in [0.05, 0.1) is 5.69 Å². The van der Waals surface area contributed by atoms with Crippen molar-refractivity contribution in [2.75, 3.05) is 0 Å². The van der Waals surface area contributed by atoms with E-state index in [1.807, 2.05) is 0 Å².